The standard InChI is InChI=1S/C11H11N3OS/c1-14-8(6-12-13-14)11(15)10-5-7-3-2-4-9(7)16-10/h5-6H,2-4H2,1H3. The molecule has 0 amide bonds. The first-order valence-electron chi connectivity index (χ1n) is 5.26. The van der Waals surface area contributed by atoms with Crippen molar-refractivity contribution in [3.63, 3.8) is 0 Å². The number of aryl methyl sites for hydroxylation is 3. The Morgan fingerprint density at radius 3 is 3.06 bits per heavy atom. The van der Waals surface area contributed by atoms with Gasteiger partial charge in [0.1, 0.15) is 5.69 Å². The lowest BCUT2D eigenvalue weighted by Crippen LogP contribution is -2.06. The summed E-state index contributed by atoms with van der Waals surface area (Å²) < 4.78 is 1.52. The highest BCUT2D eigenvalue weighted by Gasteiger charge is 2.21. The molecule has 82 valence electrons. The van der Waals surface area contributed by atoms with E-state index in [1.54, 1.807) is 18.4 Å². The second-order valence-electron chi connectivity index (χ2n) is 3.98. The van der Waals surface area contributed by atoms with Crippen molar-refractivity contribution in [1.29, 1.82) is 0 Å². The molecule has 0 atom stereocenters. The molecule has 2 aromatic heterocycles. The zero-order valence-corrected chi connectivity index (χ0v) is 9.75. The predicted molar refractivity (Wildman–Crippen MR) is 60.8 cm³/mol. The van der Waals surface area contributed by atoms with Crippen LogP contribution < -0.4 is 0 Å². The fourth-order valence-corrected chi connectivity index (χ4v) is 3.26. The molecular weight excluding hydrogens is 222 g/mol. The van der Waals surface area contributed by atoms with Crippen molar-refractivity contribution in [2.45, 2.75) is 19.3 Å². The van der Waals surface area contributed by atoms with Crippen molar-refractivity contribution in [1.82, 2.24) is 15.0 Å². The van der Waals surface area contributed by atoms with E-state index in [4.69, 9.17) is 0 Å². The maximum atomic E-state index is 12.1. The van der Waals surface area contributed by atoms with E-state index < -0.39 is 0 Å². The fourth-order valence-electron chi connectivity index (χ4n) is 2.06. The Labute approximate surface area is 96.9 Å². The first kappa shape index (κ1) is 9.72. The van der Waals surface area contributed by atoms with Gasteiger partial charge in [-0.3, -0.25) is 4.79 Å². The van der Waals surface area contributed by atoms with E-state index in [1.165, 1.54) is 27.7 Å². The van der Waals surface area contributed by atoms with Crippen LogP contribution in [0, 0.1) is 0 Å². The van der Waals surface area contributed by atoms with Crippen molar-refractivity contribution in [2.75, 3.05) is 0 Å². The first-order valence-corrected chi connectivity index (χ1v) is 6.08. The minimum atomic E-state index is 0.0342. The van der Waals surface area contributed by atoms with E-state index in [0.29, 0.717) is 5.69 Å². The molecule has 0 bridgehead atoms. The van der Waals surface area contributed by atoms with Crippen LogP contribution in [0.5, 0.6) is 0 Å². The quantitative estimate of drug-likeness (QED) is 0.740. The zero-order chi connectivity index (χ0) is 11.1. The molecule has 0 spiro atoms. The van der Waals surface area contributed by atoms with Gasteiger partial charge in [0.05, 0.1) is 11.1 Å². The van der Waals surface area contributed by atoms with Crippen molar-refractivity contribution < 1.29 is 4.79 Å². The molecule has 0 saturated carbocycles. The van der Waals surface area contributed by atoms with E-state index in [1.807, 2.05) is 6.07 Å². The maximum absolute atomic E-state index is 12.1. The lowest BCUT2D eigenvalue weighted by Gasteiger charge is -1.96. The number of ketones is 1. The number of carbonyl (C=O) groups excluding carboxylic acids is 1. The summed E-state index contributed by atoms with van der Waals surface area (Å²) in [5.74, 6) is 0.0342. The highest BCUT2D eigenvalue weighted by molar-refractivity contribution is 7.14. The minimum Gasteiger partial charge on any atom is -0.286 e. The molecule has 16 heavy (non-hydrogen) atoms. The molecule has 0 saturated heterocycles. The number of hydrogen-bond donors (Lipinski definition) is 0. The summed E-state index contributed by atoms with van der Waals surface area (Å²) in [5.41, 5.74) is 1.91. The number of nitrogens with zero attached hydrogens (tertiary/aromatic N) is 3. The van der Waals surface area contributed by atoms with Crippen LogP contribution in [0.25, 0.3) is 0 Å². The summed E-state index contributed by atoms with van der Waals surface area (Å²) in [6, 6.07) is 2.03. The molecule has 1 aliphatic rings. The summed E-state index contributed by atoms with van der Waals surface area (Å²) in [7, 11) is 1.74. The van der Waals surface area contributed by atoms with Gasteiger partial charge in [0.25, 0.3) is 0 Å². The van der Waals surface area contributed by atoms with E-state index in [-0.39, 0.29) is 5.78 Å². The molecule has 0 aliphatic heterocycles. The van der Waals surface area contributed by atoms with E-state index in [9.17, 15) is 4.79 Å². The lowest BCUT2D eigenvalue weighted by molar-refractivity contribution is 0.103. The van der Waals surface area contributed by atoms with E-state index in [0.717, 1.165) is 17.7 Å². The smallest absolute Gasteiger partial charge is 0.222 e. The Morgan fingerprint density at radius 1 is 1.50 bits per heavy atom. The number of thiophene rings is 1. The van der Waals surface area contributed by atoms with Gasteiger partial charge in [0.2, 0.25) is 5.78 Å². The molecule has 5 heteroatoms. The van der Waals surface area contributed by atoms with Gasteiger partial charge in [-0.15, -0.1) is 16.4 Å². The highest BCUT2D eigenvalue weighted by atomic mass is 32.1. The molecule has 2 heterocycles. The average Bonchev–Trinajstić information content (AvgIpc) is 2.89. The van der Waals surface area contributed by atoms with Gasteiger partial charge in [-0.2, -0.15) is 0 Å². The molecule has 0 unspecified atom stereocenters. The summed E-state index contributed by atoms with van der Waals surface area (Å²) in [6.07, 6.45) is 4.98. The summed E-state index contributed by atoms with van der Waals surface area (Å²) >= 11 is 1.62. The van der Waals surface area contributed by atoms with Gasteiger partial charge in [0.15, 0.2) is 0 Å². The molecule has 0 aromatic carbocycles. The number of fused-ring (bicyclic) bond motifs is 1. The van der Waals surface area contributed by atoms with E-state index >= 15 is 0 Å². The van der Waals surface area contributed by atoms with Crippen LogP contribution in [0.4, 0.5) is 0 Å². The van der Waals surface area contributed by atoms with Crippen molar-refractivity contribution in [2.24, 2.45) is 7.05 Å². The molecular formula is C11H11N3OS. The van der Waals surface area contributed by atoms with Crippen molar-refractivity contribution in [3.8, 4) is 0 Å². The third-order valence-corrected chi connectivity index (χ3v) is 4.15. The second kappa shape index (κ2) is 3.52. The second-order valence-corrected chi connectivity index (χ2v) is 5.12. The maximum Gasteiger partial charge on any atom is 0.222 e. The topological polar surface area (TPSA) is 47.8 Å². The van der Waals surface area contributed by atoms with Gasteiger partial charge >= 0.3 is 0 Å². The Hall–Kier alpha value is -1.49. The fraction of sp³-hybridized carbons (Fsp3) is 0.364. The summed E-state index contributed by atoms with van der Waals surface area (Å²) in [6.45, 7) is 0. The average molecular weight is 233 g/mol. The third kappa shape index (κ3) is 1.39. The highest BCUT2D eigenvalue weighted by Crippen LogP contribution is 2.31. The van der Waals surface area contributed by atoms with Gasteiger partial charge in [-0.1, -0.05) is 5.21 Å². The molecule has 1 aliphatic carbocycles. The zero-order valence-electron chi connectivity index (χ0n) is 8.93. The number of rotatable bonds is 2. The molecule has 0 N–H and O–H groups in total. The molecule has 2 aromatic rings. The van der Waals surface area contributed by atoms with Crippen LogP contribution in [0.1, 0.15) is 32.2 Å². The third-order valence-electron chi connectivity index (χ3n) is 2.92. The summed E-state index contributed by atoms with van der Waals surface area (Å²) in [5, 5.41) is 7.51. The van der Waals surface area contributed by atoms with Crippen LogP contribution in [0.15, 0.2) is 12.3 Å². The molecule has 0 fully saturated rings. The Balaban J connectivity index is 1.98. The monoisotopic (exact) mass is 233 g/mol. The van der Waals surface area contributed by atoms with Gasteiger partial charge in [0, 0.05) is 11.9 Å². The number of hydrogen-bond acceptors (Lipinski definition) is 4. The van der Waals surface area contributed by atoms with Crippen LogP contribution in [-0.2, 0) is 19.9 Å². The van der Waals surface area contributed by atoms with Crippen molar-refractivity contribution in [3.05, 3.63) is 33.3 Å². The predicted octanol–water partition coefficient (Wildman–Crippen LogP) is 1.60. The van der Waals surface area contributed by atoms with Crippen LogP contribution >= 0.6 is 11.3 Å². The number of carbonyl (C=O) groups is 1. The molecule has 3 rings (SSSR count). The van der Waals surface area contributed by atoms with Crippen LogP contribution in [0.2, 0.25) is 0 Å². The van der Waals surface area contributed by atoms with Gasteiger partial charge in [-0.05, 0) is 30.9 Å². The SMILES string of the molecule is Cn1nncc1C(=O)c1cc2c(s1)CCC2. The Kier molecular flexibility index (Phi) is 2.14. The van der Waals surface area contributed by atoms with Gasteiger partial charge in [-0.25, -0.2) is 4.68 Å². The van der Waals surface area contributed by atoms with E-state index in [2.05, 4.69) is 10.3 Å². The Morgan fingerprint density at radius 2 is 2.38 bits per heavy atom. The first-order chi connectivity index (χ1) is 7.75. The van der Waals surface area contributed by atoms with Crippen molar-refractivity contribution >= 4 is 17.1 Å². The molecule has 4 nitrogen and oxygen atoms in total. The normalized spacial score (nSPS) is 14.1. The minimum absolute atomic E-state index is 0.0342. The van der Waals surface area contributed by atoms with Gasteiger partial charge < -0.3 is 0 Å². The largest absolute Gasteiger partial charge is 0.286 e. The Bertz CT molecular complexity index is 534. The summed E-state index contributed by atoms with van der Waals surface area (Å²) in [4.78, 5) is 14.3. The number of aromatic nitrogens is 3. The lowest BCUT2D eigenvalue weighted by atomic mass is 10.2. The van der Waals surface area contributed by atoms with Crippen LogP contribution in [-0.4, -0.2) is 20.8 Å². The van der Waals surface area contributed by atoms with Crippen LogP contribution in [0.3, 0.4) is 0 Å². The molecule has 0 radical (unpaired) electrons.